The van der Waals surface area contributed by atoms with E-state index in [1.807, 2.05) is 42.2 Å². The lowest BCUT2D eigenvalue weighted by atomic mass is 9.98. The van der Waals surface area contributed by atoms with Gasteiger partial charge in [-0.2, -0.15) is 0 Å². The van der Waals surface area contributed by atoms with Crippen molar-refractivity contribution in [2.24, 2.45) is 0 Å². The second-order valence-electron chi connectivity index (χ2n) is 5.92. The second-order valence-corrected chi connectivity index (χ2v) is 6.81. The molecule has 0 aliphatic carbocycles. The molecule has 0 bridgehead atoms. The Bertz CT molecular complexity index is 641. The molecule has 1 aromatic carbocycles. The van der Waals surface area contributed by atoms with Gasteiger partial charge in [-0.3, -0.25) is 4.79 Å². The summed E-state index contributed by atoms with van der Waals surface area (Å²) in [6.07, 6.45) is 2.60. The predicted octanol–water partition coefficient (Wildman–Crippen LogP) is 3.63. The lowest BCUT2D eigenvalue weighted by Crippen LogP contribution is -2.39. The Morgan fingerprint density at radius 1 is 1.39 bits per heavy atom. The molecule has 1 aliphatic rings. The van der Waals surface area contributed by atoms with Crippen LogP contribution in [0.1, 0.15) is 35.9 Å². The van der Waals surface area contributed by atoms with Gasteiger partial charge in [0.15, 0.2) is 0 Å². The number of carbonyl (C=O) groups is 1. The number of ether oxygens (including phenoxy) is 1. The molecule has 122 valence electrons. The van der Waals surface area contributed by atoms with Crippen LogP contribution >= 0.6 is 11.3 Å². The predicted molar refractivity (Wildman–Crippen MR) is 92.0 cm³/mol. The highest BCUT2D eigenvalue weighted by Gasteiger charge is 2.26. The van der Waals surface area contributed by atoms with Gasteiger partial charge in [-0.25, -0.2) is 4.98 Å². The molecule has 2 aromatic rings. The third-order valence-electron chi connectivity index (χ3n) is 4.09. The van der Waals surface area contributed by atoms with E-state index in [-0.39, 0.29) is 5.91 Å². The van der Waals surface area contributed by atoms with Gasteiger partial charge in [0.2, 0.25) is 5.91 Å². The molecule has 3 rings (SSSR count). The van der Waals surface area contributed by atoms with Crippen LogP contribution in [0, 0.1) is 6.92 Å². The number of amides is 1. The van der Waals surface area contributed by atoms with Gasteiger partial charge in [0.05, 0.1) is 18.0 Å². The van der Waals surface area contributed by atoms with Crippen LogP contribution in [0.3, 0.4) is 0 Å². The Morgan fingerprint density at radius 3 is 2.96 bits per heavy atom. The number of aryl methyl sites for hydroxylation is 1. The summed E-state index contributed by atoms with van der Waals surface area (Å²) in [4.78, 5) is 19.0. The lowest BCUT2D eigenvalue weighted by Gasteiger charge is -2.32. The van der Waals surface area contributed by atoms with Crippen LogP contribution < -0.4 is 4.74 Å². The largest absolute Gasteiger partial charge is 0.493 e. The van der Waals surface area contributed by atoms with Crippen molar-refractivity contribution in [3.05, 3.63) is 46.4 Å². The van der Waals surface area contributed by atoms with Crippen LogP contribution in [0.25, 0.3) is 0 Å². The van der Waals surface area contributed by atoms with Gasteiger partial charge in [-0.1, -0.05) is 18.2 Å². The third-order valence-corrected chi connectivity index (χ3v) is 5.21. The van der Waals surface area contributed by atoms with Crippen molar-refractivity contribution in [3.63, 3.8) is 0 Å². The van der Waals surface area contributed by atoms with Gasteiger partial charge in [0.25, 0.3) is 0 Å². The van der Waals surface area contributed by atoms with Gasteiger partial charge in [0, 0.05) is 30.1 Å². The summed E-state index contributed by atoms with van der Waals surface area (Å²) in [5.41, 5.74) is 1.07. The fourth-order valence-electron chi connectivity index (χ4n) is 2.90. The minimum Gasteiger partial charge on any atom is -0.493 e. The van der Waals surface area contributed by atoms with E-state index in [0.717, 1.165) is 37.4 Å². The van der Waals surface area contributed by atoms with Gasteiger partial charge < -0.3 is 9.64 Å². The van der Waals surface area contributed by atoms with Crippen LogP contribution in [-0.4, -0.2) is 35.5 Å². The SMILES string of the molecule is Cc1csc([C@H]2CCCN(C(=O)CCOc3ccccc3)C2)n1. The molecule has 1 aliphatic heterocycles. The van der Waals surface area contributed by atoms with Gasteiger partial charge in [-0.15, -0.1) is 11.3 Å². The first-order valence-electron chi connectivity index (χ1n) is 8.10. The number of benzene rings is 1. The maximum Gasteiger partial charge on any atom is 0.226 e. The number of nitrogens with zero attached hydrogens (tertiary/aromatic N) is 2. The molecule has 0 unspecified atom stereocenters. The van der Waals surface area contributed by atoms with Crippen LogP contribution in [0.15, 0.2) is 35.7 Å². The van der Waals surface area contributed by atoms with E-state index >= 15 is 0 Å². The monoisotopic (exact) mass is 330 g/mol. The van der Waals surface area contributed by atoms with Crippen molar-refractivity contribution >= 4 is 17.2 Å². The Balaban J connectivity index is 1.49. The van der Waals surface area contributed by atoms with Crippen LogP contribution in [-0.2, 0) is 4.79 Å². The van der Waals surface area contributed by atoms with E-state index in [4.69, 9.17) is 4.74 Å². The van der Waals surface area contributed by atoms with Gasteiger partial charge in [-0.05, 0) is 31.9 Å². The molecule has 23 heavy (non-hydrogen) atoms. The summed E-state index contributed by atoms with van der Waals surface area (Å²) < 4.78 is 5.62. The highest BCUT2D eigenvalue weighted by atomic mass is 32.1. The summed E-state index contributed by atoms with van der Waals surface area (Å²) in [5, 5.41) is 3.25. The summed E-state index contributed by atoms with van der Waals surface area (Å²) in [6.45, 7) is 4.09. The Kier molecular flexibility index (Phi) is 5.28. The van der Waals surface area contributed by atoms with Crippen molar-refractivity contribution in [3.8, 4) is 5.75 Å². The topological polar surface area (TPSA) is 42.4 Å². The smallest absolute Gasteiger partial charge is 0.226 e. The Hall–Kier alpha value is -1.88. The zero-order valence-corrected chi connectivity index (χ0v) is 14.2. The molecule has 0 radical (unpaired) electrons. The number of piperidine rings is 1. The highest BCUT2D eigenvalue weighted by Crippen LogP contribution is 2.29. The fraction of sp³-hybridized carbons (Fsp3) is 0.444. The zero-order chi connectivity index (χ0) is 16.1. The summed E-state index contributed by atoms with van der Waals surface area (Å²) >= 11 is 1.71. The maximum atomic E-state index is 12.4. The molecule has 1 atom stereocenters. The van der Waals surface area contributed by atoms with Crippen LogP contribution in [0.2, 0.25) is 0 Å². The third kappa shape index (κ3) is 4.32. The second kappa shape index (κ2) is 7.59. The molecule has 2 heterocycles. The number of para-hydroxylation sites is 1. The molecule has 1 fully saturated rings. The number of thiazole rings is 1. The van der Waals surface area contributed by atoms with E-state index in [1.54, 1.807) is 11.3 Å². The van der Waals surface area contributed by atoms with Crippen LogP contribution in [0.5, 0.6) is 5.75 Å². The van der Waals surface area contributed by atoms with E-state index in [0.29, 0.717) is 18.9 Å². The summed E-state index contributed by atoms with van der Waals surface area (Å²) in [6, 6.07) is 9.63. The molecule has 5 heteroatoms. The van der Waals surface area contributed by atoms with Crippen molar-refractivity contribution in [1.29, 1.82) is 0 Å². The molecule has 0 spiro atoms. The first-order valence-corrected chi connectivity index (χ1v) is 8.98. The molecule has 0 N–H and O–H groups in total. The van der Waals surface area contributed by atoms with Gasteiger partial charge >= 0.3 is 0 Å². The number of hydrogen-bond donors (Lipinski definition) is 0. The number of carbonyl (C=O) groups excluding carboxylic acids is 1. The molecule has 1 amide bonds. The lowest BCUT2D eigenvalue weighted by molar-refractivity contribution is -0.132. The first-order chi connectivity index (χ1) is 11.2. The molecule has 1 aromatic heterocycles. The number of rotatable bonds is 5. The van der Waals surface area contributed by atoms with Crippen molar-refractivity contribution in [1.82, 2.24) is 9.88 Å². The quantitative estimate of drug-likeness (QED) is 0.841. The van der Waals surface area contributed by atoms with Gasteiger partial charge in [0.1, 0.15) is 5.75 Å². The minimum atomic E-state index is 0.180. The van der Waals surface area contributed by atoms with Crippen molar-refractivity contribution in [2.45, 2.75) is 32.1 Å². The zero-order valence-electron chi connectivity index (χ0n) is 13.4. The van der Waals surface area contributed by atoms with Crippen LogP contribution in [0.4, 0.5) is 0 Å². The minimum absolute atomic E-state index is 0.180. The highest BCUT2D eigenvalue weighted by molar-refractivity contribution is 7.09. The molecular weight excluding hydrogens is 308 g/mol. The molecule has 0 saturated carbocycles. The van der Waals surface area contributed by atoms with E-state index in [2.05, 4.69) is 10.4 Å². The summed E-state index contributed by atoms with van der Waals surface area (Å²) in [5.74, 6) is 1.38. The fourth-order valence-corrected chi connectivity index (χ4v) is 3.82. The normalized spacial score (nSPS) is 18.0. The number of likely N-dealkylation sites (tertiary alicyclic amines) is 1. The van der Waals surface area contributed by atoms with E-state index in [9.17, 15) is 4.79 Å². The summed E-state index contributed by atoms with van der Waals surface area (Å²) in [7, 11) is 0. The van der Waals surface area contributed by atoms with E-state index < -0.39 is 0 Å². The van der Waals surface area contributed by atoms with E-state index in [1.165, 1.54) is 5.01 Å². The number of aromatic nitrogens is 1. The first kappa shape index (κ1) is 16.0. The average Bonchev–Trinajstić information content (AvgIpc) is 3.02. The molecular formula is C18H22N2O2S. The average molecular weight is 330 g/mol. The standard InChI is InChI=1S/C18H22N2O2S/c1-14-13-23-18(19-14)15-6-5-10-20(12-15)17(21)9-11-22-16-7-3-2-4-8-16/h2-4,7-8,13,15H,5-6,9-12H2,1H3/t15-/m0/s1. The van der Waals surface area contributed by atoms with Crippen molar-refractivity contribution in [2.75, 3.05) is 19.7 Å². The molecule has 1 saturated heterocycles. The van der Waals surface area contributed by atoms with Crippen molar-refractivity contribution < 1.29 is 9.53 Å². The molecule has 4 nitrogen and oxygen atoms in total. The maximum absolute atomic E-state index is 12.4. The Labute approximate surface area is 141 Å². The number of hydrogen-bond acceptors (Lipinski definition) is 4. The Morgan fingerprint density at radius 2 is 2.22 bits per heavy atom.